The van der Waals surface area contributed by atoms with Crippen molar-refractivity contribution in [2.75, 3.05) is 19.6 Å². The van der Waals surface area contributed by atoms with Crippen LogP contribution in [0.3, 0.4) is 0 Å². The van der Waals surface area contributed by atoms with Crippen molar-refractivity contribution in [3.05, 3.63) is 12.7 Å². The van der Waals surface area contributed by atoms with Gasteiger partial charge in [-0.25, -0.2) is 0 Å². The maximum Gasteiger partial charge on any atom is 0.0200 e. The second-order valence-corrected chi connectivity index (χ2v) is 4.77. The third kappa shape index (κ3) is 4.77. The lowest BCUT2D eigenvalue weighted by Gasteiger charge is -2.39. The van der Waals surface area contributed by atoms with E-state index in [1.165, 1.54) is 0 Å². The van der Waals surface area contributed by atoms with Crippen LogP contribution in [0, 0.1) is 0 Å². The van der Waals surface area contributed by atoms with E-state index in [0.29, 0.717) is 6.04 Å². The molecule has 2 nitrogen and oxygen atoms in total. The van der Waals surface area contributed by atoms with Gasteiger partial charge in [0.2, 0.25) is 0 Å². The standard InChI is InChI=1S/C12H26N2/c1-7-9-14(12(4,5)6)11(3)10-13-8-2/h7,11,13H,1,8-10H2,2-6H3. The quantitative estimate of drug-likeness (QED) is 0.659. The van der Waals surface area contributed by atoms with Gasteiger partial charge in [0.1, 0.15) is 0 Å². The molecule has 0 rings (SSSR count). The van der Waals surface area contributed by atoms with Crippen LogP contribution in [-0.4, -0.2) is 36.1 Å². The molecule has 1 N–H and O–H groups in total. The first-order valence-corrected chi connectivity index (χ1v) is 5.51. The molecule has 0 spiro atoms. The summed E-state index contributed by atoms with van der Waals surface area (Å²) in [7, 11) is 0. The summed E-state index contributed by atoms with van der Waals surface area (Å²) in [5.41, 5.74) is 0.211. The molecule has 0 heterocycles. The Morgan fingerprint density at radius 2 is 2.00 bits per heavy atom. The summed E-state index contributed by atoms with van der Waals surface area (Å²) >= 11 is 0. The molecule has 14 heavy (non-hydrogen) atoms. The van der Waals surface area contributed by atoms with Gasteiger partial charge < -0.3 is 5.32 Å². The molecule has 0 radical (unpaired) electrons. The Hall–Kier alpha value is -0.340. The molecule has 0 aliphatic rings. The zero-order chi connectivity index (χ0) is 11.2. The molecule has 0 amide bonds. The minimum atomic E-state index is 0.211. The van der Waals surface area contributed by atoms with Crippen LogP contribution in [0.5, 0.6) is 0 Å². The molecule has 0 saturated heterocycles. The van der Waals surface area contributed by atoms with Gasteiger partial charge in [0, 0.05) is 24.7 Å². The fraction of sp³-hybridized carbons (Fsp3) is 0.833. The van der Waals surface area contributed by atoms with Gasteiger partial charge in [-0.2, -0.15) is 0 Å². The number of nitrogens with one attached hydrogen (secondary N) is 1. The number of nitrogens with zero attached hydrogens (tertiary/aromatic N) is 1. The summed E-state index contributed by atoms with van der Waals surface area (Å²) in [5, 5.41) is 3.38. The zero-order valence-electron chi connectivity index (χ0n) is 10.4. The fourth-order valence-electron chi connectivity index (χ4n) is 1.72. The Morgan fingerprint density at radius 3 is 2.36 bits per heavy atom. The van der Waals surface area contributed by atoms with Crippen LogP contribution in [0.4, 0.5) is 0 Å². The van der Waals surface area contributed by atoms with Crippen LogP contribution in [0.1, 0.15) is 34.6 Å². The summed E-state index contributed by atoms with van der Waals surface area (Å²) in [5.74, 6) is 0. The molecule has 2 heteroatoms. The molecule has 0 fully saturated rings. The highest BCUT2D eigenvalue weighted by molar-refractivity contribution is 4.87. The first-order chi connectivity index (χ1) is 6.43. The smallest absolute Gasteiger partial charge is 0.0200 e. The summed E-state index contributed by atoms with van der Waals surface area (Å²) in [6.45, 7) is 18.0. The van der Waals surface area contributed by atoms with Crippen molar-refractivity contribution in [2.45, 2.75) is 46.2 Å². The van der Waals surface area contributed by atoms with Gasteiger partial charge in [-0.15, -0.1) is 6.58 Å². The fourth-order valence-corrected chi connectivity index (χ4v) is 1.72. The molecule has 1 atom stereocenters. The summed E-state index contributed by atoms with van der Waals surface area (Å²) in [6, 6.07) is 0.549. The van der Waals surface area contributed by atoms with E-state index in [4.69, 9.17) is 0 Å². The molecule has 0 aromatic heterocycles. The van der Waals surface area contributed by atoms with Gasteiger partial charge in [0.15, 0.2) is 0 Å². The number of hydrogen-bond acceptors (Lipinski definition) is 2. The predicted octanol–water partition coefficient (Wildman–Crippen LogP) is 2.27. The van der Waals surface area contributed by atoms with E-state index in [2.05, 4.69) is 51.4 Å². The monoisotopic (exact) mass is 198 g/mol. The third-order valence-corrected chi connectivity index (χ3v) is 2.41. The topological polar surface area (TPSA) is 15.3 Å². The SMILES string of the molecule is C=CCN(C(C)CNCC)C(C)(C)C. The van der Waals surface area contributed by atoms with Crippen molar-refractivity contribution >= 4 is 0 Å². The lowest BCUT2D eigenvalue weighted by Crippen LogP contribution is -2.50. The minimum Gasteiger partial charge on any atom is -0.315 e. The lowest BCUT2D eigenvalue weighted by molar-refractivity contribution is 0.105. The second kappa shape index (κ2) is 6.20. The Bertz CT molecular complexity index is 158. The van der Waals surface area contributed by atoms with E-state index in [0.717, 1.165) is 19.6 Å². The largest absolute Gasteiger partial charge is 0.315 e. The van der Waals surface area contributed by atoms with Crippen LogP contribution < -0.4 is 5.32 Å². The second-order valence-electron chi connectivity index (χ2n) is 4.77. The molecule has 0 aromatic rings. The van der Waals surface area contributed by atoms with E-state index >= 15 is 0 Å². The number of hydrogen-bond donors (Lipinski definition) is 1. The molecule has 84 valence electrons. The summed E-state index contributed by atoms with van der Waals surface area (Å²) in [4.78, 5) is 2.46. The molecular weight excluding hydrogens is 172 g/mol. The maximum absolute atomic E-state index is 3.81. The van der Waals surface area contributed by atoms with Gasteiger partial charge >= 0.3 is 0 Å². The Morgan fingerprint density at radius 1 is 1.43 bits per heavy atom. The van der Waals surface area contributed by atoms with Crippen LogP contribution in [-0.2, 0) is 0 Å². The highest BCUT2D eigenvalue weighted by Gasteiger charge is 2.24. The van der Waals surface area contributed by atoms with Crippen molar-refractivity contribution in [1.82, 2.24) is 10.2 Å². The average molecular weight is 198 g/mol. The molecule has 0 aliphatic carbocycles. The van der Waals surface area contributed by atoms with Crippen LogP contribution in [0.25, 0.3) is 0 Å². The molecular formula is C12H26N2. The zero-order valence-corrected chi connectivity index (χ0v) is 10.4. The highest BCUT2D eigenvalue weighted by Crippen LogP contribution is 2.16. The van der Waals surface area contributed by atoms with Crippen molar-refractivity contribution in [2.24, 2.45) is 0 Å². The Kier molecular flexibility index (Phi) is 6.05. The van der Waals surface area contributed by atoms with Crippen molar-refractivity contribution in [3.63, 3.8) is 0 Å². The Balaban J connectivity index is 4.25. The van der Waals surface area contributed by atoms with E-state index in [1.807, 2.05) is 6.08 Å². The summed E-state index contributed by atoms with van der Waals surface area (Å²) < 4.78 is 0. The van der Waals surface area contributed by atoms with Crippen molar-refractivity contribution in [1.29, 1.82) is 0 Å². The van der Waals surface area contributed by atoms with Crippen molar-refractivity contribution < 1.29 is 0 Å². The first-order valence-electron chi connectivity index (χ1n) is 5.51. The third-order valence-electron chi connectivity index (χ3n) is 2.41. The average Bonchev–Trinajstić information content (AvgIpc) is 2.08. The molecule has 1 unspecified atom stereocenters. The van der Waals surface area contributed by atoms with Gasteiger partial charge in [0.05, 0.1) is 0 Å². The van der Waals surface area contributed by atoms with E-state index in [1.54, 1.807) is 0 Å². The number of likely N-dealkylation sites (N-methyl/N-ethyl adjacent to an activating group) is 1. The predicted molar refractivity (Wildman–Crippen MR) is 64.7 cm³/mol. The van der Waals surface area contributed by atoms with Crippen LogP contribution in [0.15, 0.2) is 12.7 Å². The molecule has 0 aliphatic heterocycles. The van der Waals surface area contributed by atoms with Crippen LogP contribution >= 0.6 is 0 Å². The first kappa shape index (κ1) is 13.7. The number of rotatable bonds is 6. The maximum atomic E-state index is 3.81. The van der Waals surface area contributed by atoms with E-state index in [9.17, 15) is 0 Å². The molecule has 0 saturated carbocycles. The van der Waals surface area contributed by atoms with E-state index < -0.39 is 0 Å². The van der Waals surface area contributed by atoms with Gasteiger partial charge in [-0.1, -0.05) is 13.0 Å². The van der Waals surface area contributed by atoms with E-state index in [-0.39, 0.29) is 5.54 Å². The minimum absolute atomic E-state index is 0.211. The summed E-state index contributed by atoms with van der Waals surface area (Å²) in [6.07, 6.45) is 1.98. The normalized spacial score (nSPS) is 14.4. The highest BCUT2D eigenvalue weighted by atomic mass is 15.2. The Labute approximate surface area is 89.4 Å². The molecule has 0 aromatic carbocycles. The van der Waals surface area contributed by atoms with Crippen molar-refractivity contribution in [3.8, 4) is 0 Å². The molecule has 0 bridgehead atoms. The lowest BCUT2D eigenvalue weighted by atomic mass is 10.0. The van der Waals surface area contributed by atoms with Gasteiger partial charge in [0.25, 0.3) is 0 Å². The van der Waals surface area contributed by atoms with Gasteiger partial charge in [-0.3, -0.25) is 4.90 Å². The van der Waals surface area contributed by atoms with Crippen LogP contribution in [0.2, 0.25) is 0 Å². The van der Waals surface area contributed by atoms with Gasteiger partial charge in [-0.05, 0) is 34.2 Å².